The Morgan fingerprint density at radius 3 is 2.45 bits per heavy atom. The zero-order valence-corrected chi connectivity index (χ0v) is 12.1. The predicted octanol–water partition coefficient (Wildman–Crippen LogP) is 2.73. The van der Waals surface area contributed by atoms with E-state index in [9.17, 15) is 9.59 Å². The minimum Gasteiger partial charge on any atom is -0.481 e. The van der Waals surface area contributed by atoms with Gasteiger partial charge < -0.3 is 15.7 Å². The molecule has 5 nitrogen and oxygen atoms in total. The number of para-hydroxylation sites is 1. The molecule has 0 aromatic heterocycles. The summed E-state index contributed by atoms with van der Waals surface area (Å²) in [7, 11) is 0. The highest BCUT2D eigenvalue weighted by Crippen LogP contribution is 2.15. The van der Waals surface area contributed by atoms with Crippen molar-refractivity contribution in [2.75, 3.05) is 11.9 Å². The lowest BCUT2D eigenvalue weighted by Crippen LogP contribution is -2.37. The van der Waals surface area contributed by atoms with Crippen LogP contribution in [0.15, 0.2) is 24.3 Å². The van der Waals surface area contributed by atoms with E-state index < -0.39 is 11.9 Å². The largest absolute Gasteiger partial charge is 0.481 e. The summed E-state index contributed by atoms with van der Waals surface area (Å²) >= 11 is 0. The van der Waals surface area contributed by atoms with Crippen molar-refractivity contribution in [3.8, 4) is 0 Å². The number of nitrogens with one attached hydrogen (secondary N) is 2. The van der Waals surface area contributed by atoms with Crippen LogP contribution >= 0.6 is 0 Å². The van der Waals surface area contributed by atoms with Crippen LogP contribution in [0.25, 0.3) is 0 Å². The van der Waals surface area contributed by atoms with E-state index in [2.05, 4.69) is 10.6 Å². The molecule has 0 heterocycles. The fourth-order valence-electron chi connectivity index (χ4n) is 1.93. The van der Waals surface area contributed by atoms with Gasteiger partial charge in [0.05, 0.1) is 5.92 Å². The third kappa shape index (κ3) is 4.57. The van der Waals surface area contributed by atoms with Crippen LogP contribution in [0, 0.1) is 11.8 Å². The Balaban J connectivity index is 2.57. The number of carboxylic acid groups (broad SMARTS) is 1. The molecule has 1 aromatic rings. The van der Waals surface area contributed by atoms with Gasteiger partial charge in [-0.3, -0.25) is 4.79 Å². The topological polar surface area (TPSA) is 78.4 Å². The van der Waals surface area contributed by atoms with E-state index in [-0.39, 0.29) is 18.5 Å². The van der Waals surface area contributed by atoms with Crippen LogP contribution in [0.5, 0.6) is 0 Å². The van der Waals surface area contributed by atoms with Crippen molar-refractivity contribution in [3.63, 3.8) is 0 Å². The summed E-state index contributed by atoms with van der Waals surface area (Å²) < 4.78 is 0. The van der Waals surface area contributed by atoms with Gasteiger partial charge in [0.1, 0.15) is 0 Å². The fourth-order valence-corrected chi connectivity index (χ4v) is 1.93. The van der Waals surface area contributed by atoms with Gasteiger partial charge in [-0.05, 0) is 24.0 Å². The maximum atomic E-state index is 11.8. The number of carbonyl (C=O) groups is 2. The van der Waals surface area contributed by atoms with E-state index in [1.54, 1.807) is 0 Å². The average molecular weight is 278 g/mol. The molecule has 3 N–H and O–H groups in total. The van der Waals surface area contributed by atoms with Crippen molar-refractivity contribution in [1.29, 1.82) is 0 Å². The third-order valence-electron chi connectivity index (χ3n) is 3.25. The van der Waals surface area contributed by atoms with Gasteiger partial charge in [-0.15, -0.1) is 0 Å². The molecule has 0 fully saturated rings. The van der Waals surface area contributed by atoms with Gasteiger partial charge in [0.15, 0.2) is 0 Å². The summed E-state index contributed by atoms with van der Waals surface area (Å²) in [6, 6.07) is 7.17. The highest BCUT2D eigenvalue weighted by molar-refractivity contribution is 5.90. The van der Waals surface area contributed by atoms with Crippen molar-refractivity contribution < 1.29 is 14.7 Å². The molecule has 110 valence electrons. The van der Waals surface area contributed by atoms with Crippen molar-refractivity contribution in [2.24, 2.45) is 11.8 Å². The molecule has 0 aliphatic rings. The van der Waals surface area contributed by atoms with Gasteiger partial charge in [-0.1, -0.05) is 39.0 Å². The number of carboxylic acids is 1. The van der Waals surface area contributed by atoms with E-state index in [4.69, 9.17) is 5.11 Å². The molecule has 0 aliphatic heterocycles. The number of benzene rings is 1. The summed E-state index contributed by atoms with van der Waals surface area (Å²) in [6.45, 7) is 5.78. The summed E-state index contributed by atoms with van der Waals surface area (Å²) in [5.41, 5.74) is 1.80. The Kier molecular flexibility index (Phi) is 6.03. The second-order valence-electron chi connectivity index (χ2n) is 5.03. The van der Waals surface area contributed by atoms with Crippen molar-refractivity contribution in [3.05, 3.63) is 29.8 Å². The first-order valence-corrected chi connectivity index (χ1v) is 6.81. The van der Waals surface area contributed by atoms with Crippen molar-refractivity contribution >= 4 is 17.7 Å². The Labute approximate surface area is 119 Å². The molecule has 20 heavy (non-hydrogen) atoms. The number of aliphatic carboxylic acids is 1. The fraction of sp³-hybridized carbons (Fsp3) is 0.467. The quantitative estimate of drug-likeness (QED) is 0.748. The lowest BCUT2D eigenvalue weighted by Gasteiger charge is -2.17. The maximum Gasteiger partial charge on any atom is 0.319 e. The normalized spacial score (nSPS) is 12.0. The second kappa shape index (κ2) is 7.53. The van der Waals surface area contributed by atoms with Crippen LogP contribution < -0.4 is 10.6 Å². The van der Waals surface area contributed by atoms with Crippen LogP contribution in [0.3, 0.4) is 0 Å². The van der Waals surface area contributed by atoms with Crippen molar-refractivity contribution in [1.82, 2.24) is 5.32 Å². The molecule has 0 saturated carbocycles. The number of urea groups is 1. The average Bonchev–Trinajstić information content (AvgIpc) is 2.38. The van der Waals surface area contributed by atoms with E-state index >= 15 is 0 Å². The summed E-state index contributed by atoms with van der Waals surface area (Å²) in [5.74, 6) is -1.51. The first kappa shape index (κ1) is 16.0. The van der Waals surface area contributed by atoms with E-state index in [1.165, 1.54) is 0 Å². The maximum absolute atomic E-state index is 11.8. The molecule has 1 atom stereocenters. The molecule has 1 aromatic carbocycles. The van der Waals surface area contributed by atoms with E-state index in [0.29, 0.717) is 0 Å². The number of hydrogen-bond acceptors (Lipinski definition) is 2. The minimum absolute atomic E-state index is 0.0317. The van der Waals surface area contributed by atoms with Gasteiger partial charge in [0.25, 0.3) is 0 Å². The first-order valence-electron chi connectivity index (χ1n) is 6.81. The summed E-state index contributed by atoms with van der Waals surface area (Å²) in [4.78, 5) is 22.9. The van der Waals surface area contributed by atoms with Crippen LogP contribution in [0.2, 0.25) is 0 Å². The van der Waals surface area contributed by atoms with Gasteiger partial charge >= 0.3 is 12.0 Å². The standard InChI is InChI=1S/C15H22N2O3/c1-4-11-7-5-6-8-13(11)17-15(20)16-9-12(10(2)3)14(18)19/h5-8,10,12H,4,9H2,1-3H3,(H,18,19)(H2,16,17,20). The number of rotatable bonds is 6. The zero-order chi connectivity index (χ0) is 15.1. The van der Waals surface area contributed by atoms with E-state index in [0.717, 1.165) is 17.7 Å². The molecule has 0 spiro atoms. The number of aryl methyl sites for hydroxylation is 1. The highest BCUT2D eigenvalue weighted by atomic mass is 16.4. The van der Waals surface area contributed by atoms with Crippen LogP contribution in [-0.4, -0.2) is 23.7 Å². The summed E-state index contributed by atoms with van der Waals surface area (Å²) in [6.07, 6.45) is 0.820. The van der Waals surface area contributed by atoms with Crippen LogP contribution in [-0.2, 0) is 11.2 Å². The molecule has 0 radical (unpaired) electrons. The number of amides is 2. The Bertz CT molecular complexity index is 472. The first-order chi connectivity index (χ1) is 9.45. The molecule has 0 aliphatic carbocycles. The predicted molar refractivity (Wildman–Crippen MR) is 78.8 cm³/mol. The molecular formula is C15H22N2O3. The van der Waals surface area contributed by atoms with Crippen LogP contribution in [0.1, 0.15) is 26.3 Å². The lowest BCUT2D eigenvalue weighted by atomic mass is 9.96. The van der Waals surface area contributed by atoms with Gasteiger partial charge in [0, 0.05) is 12.2 Å². The molecule has 2 amide bonds. The van der Waals surface area contributed by atoms with Crippen molar-refractivity contribution in [2.45, 2.75) is 27.2 Å². The molecular weight excluding hydrogens is 256 g/mol. The van der Waals surface area contributed by atoms with Gasteiger partial charge in [-0.25, -0.2) is 4.79 Å². The van der Waals surface area contributed by atoms with E-state index in [1.807, 2.05) is 45.0 Å². The molecule has 0 bridgehead atoms. The molecule has 1 unspecified atom stereocenters. The van der Waals surface area contributed by atoms with Gasteiger partial charge in [0.2, 0.25) is 0 Å². The minimum atomic E-state index is -0.894. The lowest BCUT2D eigenvalue weighted by molar-refractivity contribution is -0.142. The highest BCUT2D eigenvalue weighted by Gasteiger charge is 2.21. The number of hydrogen-bond donors (Lipinski definition) is 3. The Hall–Kier alpha value is -2.04. The SMILES string of the molecule is CCc1ccccc1NC(=O)NCC(C(=O)O)C(C)C. The third-order valence-corrected chi connectivity index (χ3v) is 3.25. The molecule has 1 rings (SSSR count). The number of anilines is 1. The van der Waals surface area contributed by atoms with Gasteiger partial charge in [-0.2, -0.15) is 0 Å². The molecule has 0 saturated heterocycles. The number of carbonyl (C=O) groups excluding carboxylic acids is 1. The van der Waals surface area contributed by atoms with Crippen LogP contribution in [0.4, 0.5) is 10.5 Å². The Morgan fingerprint density at radius 1 is 1.25 bits per heavy atom. The Morgan fingerprint density at radius 2 is 1.90 bits per heavy atom. The summed E-state index contributed by atoms with van der Waals surface area (Å²) in [5, 5.41) is 14.4. The second-order valence-corrected chi connectivity index (χ2v) is 5.03. The monoisotopic (exact) mass is 278 g/mol. The molecule has 5 heteroatoms. The zero-order valence-electron chi connectivity index (χ0n) is 12.1. The smallest absolute Gasteiger partial charge is 0.319 e.